The van der Waals surface area contributed by atoms with E-state index in [1.54, 1.807) is 0 Å². The van der Waals surface area contributed by atoms with Crippen LogP contribution in [-0.2, 0) is 29.4 Å². The van der Waals surface area contributed by atoms with Gasteiger partial charge < -0.3 is 0 Å². The first-order chi connectivity index (χ1) is 23.9. The summed E-state index contributed by atoms with van der Waals surface area (Å²) >= 11 is -2.88. The van der Waals surface area contributed by atoms with E-state index < -0.39 is 18.6 Å². The van der Waals surface area contributed by atoms with Crippen LogP contribution in [0.3, 0.4) is 0 Å². The Morgan fingerprint density at radius 2 is 0.900 bits per heavy atom. The Balaban J connectivity index is 0.000000153. The Morgan fingerprint density at radius 1 is 0.480 bits per heavy atom. The van der Waals surface area contributed by atoms with Gasteiger partial charge in [0.15, 0.2) is 0 Å². The molecule has 0 fully saturated rings. The molecule has 252 valence electrons. The fourth-order valence-electron chi connectivity index (χ4n) is 6.51. The molecule has 0 bridgehead atoms. The summed E-state index contributed by atoms with van der Waals surface area (Å²) < 4.78 is 1.16. The summed E-state index contributed by atoms with van der Waals surface area (Å²) in [4.78, 5) is 0. The van der Waals surface area contributed by atoms with Gasteiger partial charge in [-0.1, -0.05) is 76.9 Å². The van der Waals surface area contributed by atoms with E-state index >= 15 is 0 Å². The minimum absolute atomic E-state index is 0.203. The molecule has 0 saturated heterocycles. The number of rotatable bonds is 2. The monoisotopic (exact) mass is 858 g/mol. The van der Waals surface area contributed by atoms with Gasteiger partial charge in [0.05, 0.1) is 0 Å². The Hall–Kier alpha value is -3.62. The van der Waals surface area contributed by atoms with Crippen molar-refractivity contribution >= 4 is 63.5 Å². The van der Waals surface area contributed by atoms with E-state index in [4.69, 9.17) is 17.2 Å². The number of benzene rings is 6. The van der Waals surface area contributed by atoms with Crippen LogP contribution in [0, 0.1) is 0 Å². The van der Waals surface area contributed by atoms with Crippen molar-refractivity contribution in [3.63, 3.8) is 0 Å². The van der Waals surface area contributed by atoms with Crippen molar-refractivity contribution in [2.45, 2.75) is 52.4 Å². The molecule has 0 aliphatic heterocycles. The molecule has 0 radical (unpaired) electrons. The van der Waals surface area contributed by atoms with Crippen molar-refractivity contribution in [3.05, 3.63) is 180 Å². The average Bonchev–Trinajstić information content (AvgIpc) is 3.80. The Bertz CT molecular complexity index is 2230. The summed E-state index contributed by atoms with van der Waals surface area (Å²) in [6.45, 7) is 13.6. The van der Waals surface area contributed by atoms with Gasteiger partial charge in [-0.05, 0) is 10.8 Å². The minimum atomic E-state index is -2.88. The normalized spacial score (nSPS) is 11.6. The molecule has 8 aromatic carbocycles. The van der Waals surface area contributed by atoms with Crippen molar-refractivity contribution in [1.29, 1.82) is 0 Å². The molecule has 0 aliphatic carbocycles. The van der Waals surface area contributed by atoms with Gasteiger partial charge in [0.2, 0.25) is 0 Å². The van der Waals surface area contributed by atoms with Gasteiger partial charge in [-0.3, -0.25) is 0 Å². The summed E-state index contributed by atoms with van der Waals surface area (Å²) in [6.07, 6.45) is 0. The maximum atomic E-state index is 6.65. The van der Waals surface area contributed by atoms with E-state index in [0.717, 1.165) is 3.26 Å². The maximum Gasteiger partial charge on any atom is -0.172 e. The summed E-state index contributed by atoms with van der Waals surface area (Å²) in [5.74, 6) is 0. The second-order valence-corrected chi connectivity index (χ2v) is 26.3. The number of halogens is 2. The quantitative estimate of drug-likeness (QED) is 0.120. The Morgan fingerprint density at radius 3 is 1.28 bits per heavy atom. The van der Waals surface area contributed by atoms with Crippen LogP contribution in [0.25, 0.3) is 43.1 Å². The third-order valence-electron chi connectivity index (χ3n) is 9.30. The molecule has 0 aliphatic rings. The van der Waals surface area contributed by atoms with E-state index in [9.17, 15) is 0 Å². The SMILES string of the molecule is CC(C)(C)c1ccc2c(c1)[cH-]c1cc(C(C)(C)C)ccc12.[Cl][Hf]([Cl])=[C](c1cccc2ccccc12)c1cccc2ccccc12.c1cc[cH-]c1. The van der Waals surface area contributed by atoms with E-state index in [2.05, 4.69) is 169 Å². The molecule has 0 unspecified atom stereocenters. The standard InChI is InChI=1S/C21H14.C21H25.C5H5.2ClH.Hf/c1-3-13-20-16(7-1)9-5-11-18(20)15-19-12-6-10-17-8-2-4-14-21(17)19;1-20(2,3)16-7-9-18-14(12-16)11-15-13-17(21(4,5)6)8-10-19(15)18;1-2-4-5-3-1;;;/h1-14H;7-13H,1-6H3;1-5H;2*1H;/q;2*-1;;;+2/p-2. The van der Waals surface area contributed by atoms with Crippen molar-refractivity contribution in [2.24, 2.45) is 0 Å². The largest absolute Gasteiger partial charge is 0.214 e. The molecule has 0 amide bonds. The van der Waals surface area contributed by atoms with E-state index in [0.29, 0.717) is 0 Å². The van der Waals surface area contributed by atoms with Crippen molar-refractivity contribution in [3.8, 4) is 0 Å². The van der Waals surface area contributed by atoms with Crippen LogP contribution >= 0.6 is 17.2 Å². The minimum Gasteiger partial charge on any atom is -0.214 e. The first-order valence-electron chi connectivity index (χ1n) is 17.2. The molecule has 0 saturated carbocycles. The molecule has 0 aromatic heterocycles. The molecule has 3 heteroatoms. The molecule has 0 atom stereocenters. The fraction of sp³-hybridized carbons (Fsp3) is 0.170. The summed E-state index contributed by atoms with van der Waals surface area (Å²) in [7, 11) is 13.3. The zero-order valence-electron chi connectivity index (χ0n) is 29.8. The number of hydrogen-bond acceptors (Lipinski definition) is 0. The van der Waals surface area contributed by atoms with Gasteiger partial charge in [-0.25, -0.2) is 12.1 Å². The zero-order valence-corrected chi connectivity index (χ0v) is 34.9. The molecule has 0 N–H and O–H groups in total. The first kappa shape index (κ1) is 36.2. The van der Waals surface area contributed by atoms with Crippen LogP contribution in [0.5, 0.6) is 0 Å². The molecular weight excluding hydrogens is 814 g/mol. The third kappa shape index (κ3) is 8.13. The van der Waals surface area contributed by atoms with Gasteiger partial charge in [-0.2, -0.15) is 18.2 Å². The van der Waals surface area contributed by atoms with Crippen LogP contribution in [-0.4, -0.2) is 3.26 Å². The Kier molecular flexibility index (Phi) is 11.1. The summed E-state index contributed by atoms with van der Waals surface area (Å²) in [5.41, 5.74) is 5.57. The second-order valence-electron chi connectivity index (χ2n) is 14.9. The molecule has 0 spiro atoms. The van der Waals surface area contributed by atoms with E-state index in [1.807, 2.05) is 30.3 Å². The van der Waals surface area contributed by atoms with Crippen LogP contribution in [0.1, 0.15) is 63.8 Å². The van der Waals surface area contributed by atoms with Crippen LogP contribution in [0.15, 0.2) is 158 Å². The number of hydrogen-bond donors (Lipinski definition) is 0. The van der Waals surface area contributed by atoms with Gasteiger partial charge in [0.1, 0.15) is 0 Å². The predicted molar refractivity (Wildman–Crippen MR) is 219 cm³/mol. The third-order valence-corrected chi connectivity index (χ3v) is 15.7. The average molecular weight is 858 g/mol. The van der Waals surface area contributed by atoms with Crippen molar-refractivity contribution in [2.75, 3.05) is 0 Å². The van der Waals surface area contributed by atoms with E-state index in [1.165, 1.54) is 65.3 Å². The molecule has 50 heavy (non-hydrogen) atoms. The first-order valence-corrected chi connectivity index (χ1v) is 27.9. The van der Waals surface area contributed by atoms with Gasteiger partial charge in [0, 0.05) is 0 Å². The second kappa shape index (κ2) is 15.3. The number of fused-ring (bicyclic) bond motifs is 5. The van der Waals surface area contributed by atoms with Gasteiger partial charge >= 0.3 is 157 Å². The summed E-state index contributed by atoms with van der Waals surface area (Å²) in [6, 6.07) is 55.7. The maximum absolute atomic E-state index is 6.65. The topological polar surface area (TPSA) is 0 Å². The van der Waals surface area contributed by atoms with Crippen LogP contribution < -0.4 is 0 Å². The van der Waals surface area contributed by atoms with Gasteiger partial charge in [-0.15, -0.1) is 39.7 Å². The molecular formula is C47H44Cl2Hf-2. The van der Waals surface area contributed by atoms with Crippen LogP contribution in [0.4, 0.5) is 0 Å². The smallest absolute Gasteiger partial charge is 0.172 e. The molecule has 8 aromatic rings. The molecule has 8 rings (SSSR count). The van der Waals surface area contributed by atoms with E-state index in [-0.39, 0.29) is 10.8 Å². The summed E-state index contributed by atoms with van der Waals surface area (Å²) in [5, 5.41) is 10.3. The zero-order chi connectivity index (χ0) is 35.5. The van der Waals surface area contributed by atoms with Crippen molar-refractivity contribution in [1.82, 2.24) is 0 Å². The Labute approximate surface area is 312 Å². The van der Waals surface area contributed by atoms with Crippen LogP contribution in [0.2, 0.25) is 0 Å². The fourth-order valence-corrected chi connectivity index (χ4v) is 12.9. The van der Waals surface area contributed by atoms with Gasteiger partial charge in [0.25, 0.3) is 0 Å². The van der Waals surface area contributed by atoms with Crippen molar-refractivity contribution < 1.29 is 18.6 Å². The molecule has 0 heterocycles. The predicted octanol–water partition coefficient (Wildman–Crippen LogP) is 14.2. The molecule has 0 nitrogen and oxygen atoms in total.